The Balaban J connectivity index is 1.75. The fourth-order valence-electron chi connectivity index (χ4n) is 2.79. The minimum absolute atomic E-state index is 0.0133. The van der Waals surface area contributed by atoms with Gasteiger partial charge >= 0.3 is 11.9 Å². The molecule has 1 unspecified atom stereocenters. The molecule has 0 bridgehead atoms. The number of β-lactam (4-membered cyclic amide) rings is 1. The first-order chi connectivity index (χ1) is 13.3. The largest absolute Gasteiger partial charge is 0.461 e. The van der Waals surface area contributed by atoms with Crippen molar-refractivity contribution in [3.05, 3.63) is 46.1 Å². The summed E-state index contributed by atoms with van der Waals surface area (Å²) >= 11 is 7.16. The third-order valence-electron chi connectivity index (χ3n) is 4.23. The molecule has 1 aromatic carbocycles. The third-order valence-corrected chi connectivity index (χ3v) is 5.84. The number of ether oxygens (including phenoxy) is 2. The summed E-state index contributed by atoms with van der Waals surface area (Å²) in [5.41, 5.74) is 6.54. The van der Waals surface area contributed by atoms with Crippen LogP contribution in [0.4, 0.5) is 0 Å². The number of benzene rings is 1. The van der Waals surface area contributed by atoms with Crippen LogP contribution in [0.5, 0.6) is 0 Å². The molecule has 1 fully saturated rings. The highest BCUT2D eigenvalue weighted by atomic mass is 35.5. The Morgan fingerprint density at radius 2 is 1.93 bits per heavy atom. The fraction of sp³-hybridized carbons (Fsp3) is 0.333. The van der Waals surface area contributed by atoms with Crippen molar-refractivity contribution in [3.63, 3.8) is 0 Å². The number of hydrogen-bond donors (Lipinski definition) is 1. The summed E-state index contributed by atoms with van der Waals surface area (Å²) < 4.78 is 10.1. The highest BCUT2D eigenvalue weighted by Crippen LogP contribution is 2.39. The highest BCUT2D eigenvalue weighted by molar-refractivity contribution is 8.00. The van der Waals surface area contributed by atoms with Gasteiger partial charge in [0.2, 0.25) is 5.91 Å². The molecule has 0 aliphatic carbocycles. The summed E-state index contributed by atoms with van der Waals surface area (Å²) in [6.07, 6.45) is 0. The van der Waals surface area contributed by atoms with E-state index in [9.17, 15) is 19.2 Å². The summed E-state index contributed by atoms with van der Waals surface area (Å²) in [4.78, 5) is 49.4. The Hall–Kier alpha value is -2.36. The van der Waals surface area contributed by atoms with Crippen molar-refractivity contribution in [1.82, 2.24) is 4.90 Å². The van der Waals surface area contributed by atoms with Gasteiger partial charge in [-0.2, -0.15) is 0 Å². The molecule has 0 radical (unpaired) electrons. The van der Waals surface area contributed by atoms with Crippen molar-refractivity contribution in [1.29, 1.82) is 0 Å². The lowest BCUT2D eigenvalue weighted by Crippen LogP contribution is -2.68. The van der Waals surface area contributed by atoms with Crippen molar-refractivity contribution in [2.24, 2.45) is 5.73 Å². The van der Waals surface area contributed by atoms with Crippen LogP contribution in [-0.2, 0) is 23.9 Å². The van der Waals surface area contributed by atoms with E-state index in [2.05, 4.69) is 0 Å². The standard InChI is InChI=1S/C18H17ClN2O6S/c1-9(22)26-6-11-8-28-17-14(20)16(24)21(17)15(11)18(25)27-7-13(23)10-2-4-12(19)5-3-10/h2-5,14,17H,6-8,20H2,1H3/t14?,17-/m0/s1. The molecule has 2 atom stereocenters. The van der Waals surface area contributed by atoms with Crippen molar-refractivity contribution >= 4 is 47.0 Å². The number of esters is 2. The van der Waals surface area contributed by atoms with Crippen LogP contribution in [0.2, 0.25) is 5.02 Å². The van der Waals surface area contributed by atoms with E-state index in [1.54, 1.807) is 12.1 Å². The van der Waals surface area contributed by atoms with Crippen LogP contribution in [0.15, 0.2) is 35.5 Å². The van der Waals surface area contributed by atoms with Gasteiger partial charge in [0.05, 0.1) is 0 Å². The van der Waals surface area contributed by atoms with Crippen LogP contribution < -0.4 is 5.73 Å². The number of nitrogens with two attached hydrogens (primary N) is 1. The lowest BCUT2D eigenvalue weighted by atomic mass is 10.0. The van der Waals surface area contributed by atoms with Crippen LogP contribution in [0.3, 0.4) is 0 Å². The Bertz CT molecular complexity index is 869. The normalized spacial score (nSPS) is 21.0. The summed E-state index contributed by atoms with van der Waals surface area (Å²) in [5.74, 6) is -1.84. The van der Waals surface area contributed by atoms with E-state index in [-0.39, 0.29) is 17.7 Å². The lowest BCUT2D eigenvalue weighted by Gasteiger charge is -2.48. The topological polar surface area (TPSA) is 116 Å². The molecule has 1 saturated heterocycles. The Kier molecular flexibility index (Phi) is 6.07. The number of amides is 1. The molecule has 2 heterocycles. The maximum absolute atomic E-state index is 12.6. The maximum Gasteiger partial charge on any atom is 0.355 e. The van der Waals surface area contributed by atoms with E-state index in [0.29, 0.717) is 21.9 Å². The van der Waals surface area contributed by atoms with Gasteiger partial charge < -0.3 is 15.2 Å². The number of rotatable bonds is 6. The molecule has 1 amide bonds. The van der Waals surface area contributed by atoms with E-state index < -0.39 is 36.3 Å². The van der Waals surface area contributed by atoms with Crippen molar-refractivity contribution < 1.29 is 28.7 Å². The Labute approximate surface area is 170 Å². The number of carbonyl (C=O) groups is 4. The monoisotopic (exact) mass is 424 g/mol. The molecule has 2 N–H and O–H groups in total. The molecular weight excluding hydrogens is 408 g/mol. The molecule has 10 heteroatoms. The van der Waals surface area contributed by atoms with E-state index >= 15 is 0 Å². The zero-order chi connectivity index (χ0) is 20.4. The third kappa shape index (κ3) is 4.06. The second-order valence-corrected chi connectivity index (χ2v) is 7.72. The molecule has 3 rings (SSSR count). The van der Waals surface area contributed by atoms with Gasteiger partial charge in [-0.25, -0.2) is 4.79 Å². The molecule has 0 spiro atoms. The first-order valence-electron chi connectivity index (χ1n) is 8.31. The Morgan fingerprint density at radius 1 is 1.25 bits per heavy atom. The first-order valence-corrected chi connectivity index (χ1v) is 9.73. The van der Waals surface area contributed by atoms with Crippen molar-refractivity contribution in [2.75, 3.05) is 19.0 Å². The Morgan fingerprint density at radius 3 is 2.57 bits per heavy atom. The minimum Gasteiger partial charge on any atom is -0.461 e. The summed E-state index contributed by atoms with van der Waals surface area (Å²) in [6, 6.07) is 5.45. The van der Waals surface area contributed by atoms with Gasteiger partial charge in [0.1, 0.15) is 23.7 Å². The van der Waals surface area contributed by atoms with Gasteiger partial charge in [0, 0.05) is 28.8 Å². The zero-order valence-electron chi connectivity index (χ0n) is 14.8. The van der Waals surface area contributed by atoms with E-state index in [1.807, 2.05) is 0 Å². The zero-order valence-corrected chi connectivity index (χ0v) is 16.4. The lowest BCUT2D eigenvalue weighted by molar-refractivity contribution is -0.150. The summed E-state index contributed by atoms with van der Waals surface area (Å²) in [6.45, 7) is 0.590. The molecule has 2 aliphatic heterocycles. The van der Waals surface area contributed by atoms with E-state index in [1.165, 1.54) is 35.7 Å². The average molecular weight is 425 g/mol. The van der Waals surface area contributed by atoms with E-state index in [0.717, 1.165) is 0 Å². The number of nitrogens with zero attached hydrogens (tertiary/aromatic N) is 1. The number of Topliss-reactive ketones (excluding diaryl/α,β-unsaturated/α-hetero) is 1. The molecule has 2 aliphatic rings. The van der Waals surface area contributed by atoms with Gasteiger partial charge in [-0.05, 0) is 24.3 Å². The predicted molar refractivity (Wildman–Crippen MR) is 101 cm³/mol. The molecule has 8 nitrogen and oxygen atoms in total. The minimum atomic E-state index is -0.838. The van der Waals surface area contributed by atoms with Gasteiger partial charge in [-0.15, -0.1) is 11.8 Å². The maximum atomic E-state index is 12.6. The van der Waals surface area contributed by atoms with Crippen molar-refractivity contribution in [3.8, 4) is 0 Å². The van der Waals surface area contributed by atoms with Crippen LogP contribution in [0.25, 0.3) is 0 Å². The quantitative estimate of drug-likeness (QED) is 0.410. The highest BCUT2D eigenvalue weighted by Gasteiger charge is 2.52. The van der Waals surface area contributed by atoms with Gasteiger partial charge in [0.15, 0.2) is 12.4 Å². The van der Waals surface area contributed by atoms with Crippen molar-refractivity contribution in [2.45, 2.75) is 18.3 Å². The number of hydrogen-bond acceptors (Lipinski definition) is 8. The predicted octanol–water partition coefficient (Wildman–Crippen LogP) is 1.13. The molecule has 148 valence electrons. The molecule has 0 aromatic heterocycles. The fourth-order valence-corrected chi connectivity index (χ4v) is 4.19. The number of thioether (sulfide) groups is 1. The second-order valence-electron chi connectivity index (χ2n) is 6.17. The number of carbonyl (C=O) groups excluding carboxylic acids is 4. The van der Waals surface area contributed by atoms with Gasteiger partial charge in [-0.1, -0.05) is 11.6 Å². The summed E-state index contributed by atoms with van der Waals surface area (Å²) in [5, 5.41) is 0.0929. The van der Waals surface area contributed by atoms with Crippen LogP contribution in [0.1, 0.15) is 17.3 Å². The van der Waals surface area contributed by atoms with Gasteiger partial charge in [0.25, 0.3) is 0 Å². The van der Waals surface area contributed by atoms with Gasteiger partial charge in [-0.3, -0.25) is 19.3 Å². The molecule has 28 heavy (non-hydrogen) atoms. The smallest absolute Gasteiger partial charge is 0.355 e. The van der Waals surface area contributed by atoms with Crippen LogP contribution in [-0.4, -0.2) is 58.9 Å². The SMILES string of the molecule is CC(=O)OCC1=C(C(=O)OCC(=O)c2ccc(Cl)cc2)N2C(=O)C(N)[C@@H]2SC1. The molecule has 1 aromatic rings. The molecular formula is C18H17ClN2O6S. The first kappa shape index (κ1) is 20.4. The number of halogens is 1. The molecule has 0 saturated carbocycles. The average Bonchev–Trinajstić information content (AvgIpc) is 2.69. The second kappa shape index (κ2) is 8.34. The number of ketones is 1. The summed E-state index contributed by atoms with van der Waals surface area (Å²) in [7, 11) is 0. The van der Waals surface area contributed by atoms with Crippen LogP contribution in [0, 0.1) is 0 Å². The van der Waals surface area contributed by atoms with E-state index in [4.69, 9.17) is 26.8 Å². The number of fused-ring (bicyclic) bond motifs is 1. The van der Waals surface area contributed by atoms with Crippen LogP contribution >= 0.6 is 23.4 Å².